The minimum atomic E-state index is 0. The molecule has 2 N–H and O–H groups in total. The van der Waals surface area contributed by atoms with Gasteiger partial charge in [0.1, 0.15) is 0 Å². The van der Waals surface area contributed by atoms with Crippen LogP contribution in [0.15, 0.2) is 24.3 Å². The van der Waals surface area contributed by atoms with Gasteiger partial charge in [-0.3, -0.25) is 4.79 Å². The summed E-state index contributed by atoms with van der Waals surface area (Å²) < 4.78 is 0. The van der Waals surface area contributed by atoms with Crippen molar-refractivity contribution in [3.8, 4) is 0 Å². The fourth-order valence-electron chi connectivity index (χ4n) is 3.17. The second-order valence-corrected chi connectivity index (χ2v) is 6.90. The van der Waals surface area contributed by atoms with Crippen molar-refractivity contribution in [2.45, 2.75) is 37.5 Å². The summed E-state index contributed by atoms with van der Waals surface area (Å²) in [5.41, 5.74) is 1.46. The molecule has 1 saturated heterocycles. The van der Waals surface area contributed by atoms with E-state index in [1.165, 1.54) is 12.0 Å². The van der Waals surface area contributed by atoms with Crippen LogP contribution < -0.4 is 10.6 Å². The number of carbonyl (C=O) groups is 1. The van der Waals surface area contributed by atoms with Gasteiger partial charge in [-0.15, -0.1) is 12.4 Å². The van der Waals surface area contributed by atoms with Gasteiger partial charge in [-0.05, 0) is 62.4 Å². The molecule has 1 aliphatic carbocycles. The maximum Gasteiger partial charge on any atom is 0.220 e. The van der Waals surface area contributed by atoms with E-state index < -0.39 is 0 Å². The molecule has 2 fully saturated rings. The molecule has 1 aliphatic heterocycles. The number of rotatable bonds is 6. The minimum Gasteiger partial charge on any atom is -0.355 e. The predicted octanol–water partition coefficient (Wildman–Crippen LogP) is 3.30. The average Bonchev–Trinajstić information content (AvgIpc) is 3.10. The molecule has 1 saturated carbocycles. The zero-order valence-electron chi connectivity index (χ0n) is 12.7. The van der Waals surface area contributed by atoms with Crippen LogP contribution in [0.5, 0.6) is 0 Å². The molecule has 0 spiro atoms. The Labute approximate surface area is 143 Å². The first-order valence-electron chi connectivity index (χ1n) is 7.91. The van der Waals surface area contributed by atoms with Gasteiger partial charge in [0.25, 0.3) is 0 Å². The summed E-state index contributed by atoms with van der Waals surface area (Å²) in [5.74, 6) is 0.879. The lowest BCUT2D eigenvalue weighted by atomic mass is 9.96. The van der Waals surface area contributed by atoms with Crippen molar-refractivity contribution in [2.75, 3.05) is 19.6 Å². The highest BCUT2D eigenvalue weighted by Gasteiger charge is 2.44. The normalized spacial score (nSPS) is 22.0. The fraction of sp³-hybridized carbons (Fsp3) is 0.588. The molecular formula is C17H24Cl2N2O. The summed E-state index contributed by atoms with van der Waals surface area (Å²) in [7, 11) is 0. The maximum absolute atomic E-state index is 12.0. The van der Waals surface area contributed by atoms with Crippen LogP contribution in [0, 0.1) is 5.92 Å². The van der Waals surface area contributed by atoms with E-state index in [4.69, 9.17) is 11.6 Å². The van der Waals surface area contributed by atoms with Crippen molar-refractivity contribution in [1.29, 1.82) is 0 Å². The number of hydrogen-bond acceptors (Lipinski definition) is 2. The Hall–Kier alpha value is -0.770. The van der Waals surface area contributed by atoms with Crippen LogP contribution in [-0.2, 0) is 10.2 Å². The smallest absolute Gasteiger partial charge is 0.220 e. The third-order valence-corrected chi connectivity index (χ3v) is 5.13. The molecule has 0 radical (unpaired) electrons. The number of carbonyl (C=O) groups excluding carboxylic acids is 1. The van der Waals surface area contributed by atoms with Gasteiger partial charge in [0.2, 0.25) is 5.91 Å². The van der Waals surface area contributed by atoms with Crippen LogP contribution in [0.3, 0.4) is 0 Å². The lowest BCUT2D eigenvalue weighted by Crippen LogP contribution is -2.32. The van der Waals surface area contributed by atoms with Gasteiger partial charge < -0.3 is 10.6 Å². The zero-order valence-corrected chi connectivity index (χ0v) is 14.3. The minimum absolute atomic E-state index is 0. The highest BCUT2D eigenvalue weighted by atomic mass is 35.5. The van der Waals surface area contributed by atoms with E-state index in [0.29, 0.717) is 12.3 Å². The summed E-state index contributed by atoms with van der Waals surface area (Å²) in [6.45, 7) is 2.93. The second-order valence-electron chi connectivity index (χ2n) is 6.46. The lowest BCUT2D eigenvalue weighted by Gasteiger charge is -2.17. The molecule has 1 heterocycles. The van der Waals surface area contributed by atoms with Crippen LogP contribution in [0.2, 0.25) is 5.02 Å². The number of benzene rings is 1. The molecule has 22 heavy (non-hydrogen) atoms. The summed E-state index contributed by atoms with van der Waals surface area (Å²) in [6.07, 6.45) is 5.18. The van der Waals surface area contributed by atoms with Gasteiger partial charge >= 0.3 is 0 Å². The molecule has 1 atom stereocenters. The van der Waals surface area contributed by atoms with Gasteiger partial charge in [-0.2, -0.15) is 0 Å². The van der Waals surface area contributed by atoms with Gasteiger partial charge in [0.15, 0.2) is 0 Å². The van der Waals surface area contributed by atoms with Gasteiger partial charge in [-0.25, -0.2) is 0 Å². The molecule has 122 valence electrons. The molecule has 1 unspecified atom stereocenters. The molecule has 1 amide bonds. The van der Waals surface area contributed by atoms with Crippen molar-refractivity contribution < 1.29 is 4.79 Å². The van der Waals surface area contributed by atoms with E-state index in [0.717, 1.165) is 43.9 Å². The van der Waals surface area contributed by atoms with Crippen LogP contribution >= 0.6 is 24.0 Å². The van der Waals surface area contributed by atoms with Gasteiger partial charge in [-0.1, -0.05) is 23.7 Å². The Kier molecular flexibility index (Phi) is 6.13. The molecule has 3 nitrogen and oxygen atoms in total. The summed E-state index contributed by atoms with van der Waals surface area (Å²) >= 11 is 5.94. The van der Waals surface area contributed by atoms with E-state index in [-0.39, 0.29) is 23.7 Å². The third-order valence-electron chi connectivity index (χ3n) is 4.88. The Morgan fingerprint density at radius 1 is 1.32 bits per heavy atom. The van der Waals surface area contributed by atoms with Crippen molar-refractivity contribution in [3.05, 3.63) is 34.9 Å². The molecule has 0 aromatic heterocycles. The lowest BCUT2D eigenvalue weighted by molar-refractivity contribution is -0.121. The van der Waals surface area contributed by atoms with E-state index in [9.17, 15) is 4.79 Å². The first-order chi connectivity index (χ1) is 10.2. The van der Waals surface area contributed by atoms with Gasteiger partial charge in [0, 0.05) is 23.4 Å². The monoisotopic (exact) mass is 342 g/mol. The Morgan fingerprint density at radius 3 is 2.64 bits per heavy atom. The highest BCUT2D eigenvalue weighted by molar-refractivity contribution is 6.30. The molecule has 1 aromatic rings. The van der Waals surface area contributed by atoms with Crippen molar-refractivity contribution >= 4 is 29.9 Å². The van der Waals surface area contributed by atoms with Crippen molar-refractivity contribution in [2.24, 2.45) is 5.92 Å². The van der Waals surface area contributed by atoms with Crippen LogP contribution in [-0.4, -0.2) is 25.5 Å². The molecule has 3 rings (SSSR count). The average molecular weight is 343 g/mol. The number of halogens is 2. The summed E-state index contributed by atoms with van der Waals surface area (Å²) in [6, 6.07) is 8.05. The number of amides is 1. The topological polar surface area (TPSA) is 41.1 Å². The second kappa shape index (κ2) is 7.67. The van der Waals surface area contributed by atoms with E-state index >= 15 is 0 Å². The van der Waals surface area contributed by atoms with Crippen LogP contribution in [0.25, 0.3) is 0 Å². The largest absolute Gasteiger partial charge is 0.355 e. The Balaban J connectivity index is 0.00000176. The molecule has 0 bridgehead atoms. The van der Waals surface area contributed by atoms with Crippen LogP contribution in [0.4, 0.5) is 0 Å². The Morgan fingerprint density at radius 2 is 2.05 bits per heavy atom. The quantitative estimate of drug-likeness (QED) is 0.832. The first-order valence-corrected chi connectivity index (χ1v) is 8.29. The van der Waals surface area contributed by atoms with Gasteiger partial charge in [0.05, 0.1) is 0 Å². The zero-order chi connectivity index (χ0) is 14.7. The van der Waals surface area contributed by atoms with E-state index in [2.05, 4.69) is 22.8 Å². The van der Waals surface area contributed by atoms with Crippen molar-refractivity contribution in [3.63, 3.8) is 0 Å². The Bertz CT molecular complexity index is 494. The first kappa shape index (κ1) is 17.6. The molecule has 5 heteroatoms. The molecule has 1 aromatic carbocycles. The molecular weight excluding hydrogens is 319 g/mol. The SMILES string of the molecule is Cl.O=C(CCC1CCNC1)NCC1(c2ccc(Cl)cc2)CC1. The molecule has 2 aliphatic rings. The predicted molar refractivity (Wildman–Crippen MR) is 92.8 cm³/mol. The standard InChI is InChI=1S/C17H23ClN2O.ClH/c18-15-4-2-14(3-5-15)17(8-9-17)12-20-16(21)6-1-13-7-10-19-11-13;/h2-5,13,19H,1,6-12H2,(H,20,21);1H. The van der Waals surface area contributed by atoms with Crippen LogP contribution in [0.1, 0.15) is 37.7 Å². The van der Waals surface area contributed by atoms with E-state index in [1.54, 1.807) is 0 Å². The van der Waals surface area contributed by atoms with Crippen molar-refractivity contribution in [1.82, 2.24) is 10.6 Å². The third kappa shape index (κ3) is 4.37. The summed E-state index contributed by atoms with van der Waals surface area (Å²) in [4.78, 5) is 12.0. The summed E-state index contributed by atoms with van der Waals surface area (Å²) in [5, 5.41) is 7.24. The fourth-order valence-corrected chi connectivity index (χ4v) is 3.30. The number of hydrogen-bond donors (Lipinski definition) is 2. The highest BCUT2D eigenvalue weighted by Crippen LogP contribution is 2.47. The number of nitrogens with one attached hydrogen (secondary N) is 2. The van der Waals surface area contributed by atoms with E-state index in [1.807, 2.05) is 12.1 Å². The maximum atomic E-state index is 12.0.